The van der Waals surface area contributed by atoms with Gasteiger partial charge in [-0.15, -0.1) is 0 Å². The molecule has 0 saturated carbocycles. The van der Waals surface area contributed by atoms with Crippen LogP contribution in [0.1, 0.15) is 39.9 Å². The van der Waals surface area contributed by atoms with Crippen molar-refractivity contribution in [2.75, 3.05) is 18.4 Å². The van der Waals surface area contributed by atoms with Gasteiger partial charge in [-0.05, 0) is 56.1 Å². The lowest BCUT2D eigenvalue weighted by Crippen LogP contribution is -2.38. The normalized spacial score (nSPS) is 14.9. The van der Waals surface area contributed by atoms with Crippen LogP contribution in [-0.2, 0) is 11.3 Å². The average Bonchev–Trinajstić information content (AvgIpc) is 2.81. The van der Waals surface area contributed by atoms with Crippen molar-refractivity contribution in [1.29, 1.82) is 0 Å². The first-order valence-electron chi connectivity index (χ1n) is 10.9. The van der Waals surface area contributed by atoms with Crippen LogP contribution in [0, 0.1) is 12.8 Å². The summed E-state index contributed by atoms with van der Waals surface area (Å²) in [6.07, 6.45) is 1.65. The van der Waals surface area contributed by atoms with Crippen molar-refractivity contribution in [2.45, 2.75) is 26.3 Å². The third kappa shape index (κ3) is 5.09. The summed E-state index contributed by atoms with van der Waals surface area (Å²) in [7, 11) is 0. The number of amides is 1. The second kappa shape index (κ2) is 9.71. The molecule has 0 atom stereocenters. The van der Waals surface area contributed by atoms with Crippen molar-refractivity contribution in [3.05, 3.63) is 101 Å². The molecule has 1 fully saturated rings. The van der Waals surface area contributed by atoms with Gasteiger partial charge in [-0.1, -0.05) is 66.7 Å². The summed E-state index contributed by atoms with van der Waals surface area (Å²) in [5.41, 5.74) is 4.39. The van der Waals surface area contributed by atoms with Gasteiger partial charge in [0.2, 0.25) is 5.91 Å². The quantitative estimate of drug-likeness (QED) is 0.575. The van der Waals surface area contributed by atoms with Gasteiger partial charge < -0.3 is 5.32 Å². The zero-order chi connectivity index (χ0) is 21.6. The molecular formula is C27H28N2O2. The fourth-order valence-corrected chi connectivity index (χ4v) is 4.15. The highest BCUT2D eigenvalue weighted by Crippen LogP contribution is 2.24. The molecule has 1 heterocycles. The van der Waals surface area contributed by atoms with E-state index >= 15 is 0 Å². The van der Waals surface area contributed by atoms with Gasteiger partial charge in [0.05, 0.1) is 5.69 Å². The zero-order valence-electron chi connectivity index (χ0n) is 17.9. The fraction of sp³-hybridized carbons (Fsp3) is 0.259. The Balaban J connectivity index is 1.38. The Morgan fingerprint density at radius 3 is 2.26 bits per heavy atom. The third-order valence-electron chi connectivity index (χ3n) is 6.08. The van der Waals surface area contributed by atoms with Crippen LogP contribution in [0.5, 0.6) is 0 Å². The maximum Gasteiger partial charge on any atom is 0.227 e. The van der Waals surface area contributed by atoms with Gasteiger partial charge in [0, 0.05) is 23.6 Å². The zero-order valence-corrected chi connectivity index (χ0v) is 17.9. The number of ketones is 1. The summed E-state index contributed by atoms with van der Waals surface area (Å²) in [4.78, 5) is 28.3. The molecule has 0 bridgehead atoms. The van der Waals surface area contributed by atoms with Crippen molar-refractivity contribution in [3.8, 4) is 0 Å². The number of nitrogens with one attached hydrogen (secondary N) is 1. The summed E-state index contributed by atoms with van der Waals surface area (Å²) in [5, 5.41) is 3.03. The molecule has 4 rings (SSSR count). The monoisotopic (exact) mass is 412 g/mol. The average molecular weight is 413 g/mol. The number of carbonyl (C=O) groups is 2. The first-order valence-corrected chi connectivity index (χ1v) is 10.9. The van der Waals surface area contributed by atoms with Crippen molar-refractivity contribution in [2.24, 2.45) is 5.92 Å². The molecule has 0 unspecified atom stereocenters. The number of para-hydroxylation sites is 1. The summed E-state index contributed by atoms with van der Waals surface area (Å²) in [5.74, 6) is -0.110. The molecule has 1 aliphatic rings. The number of rotatable bonds is 6. The summed E-state index contributed by atoms with van der Waals surface area (Å²) in [6.45, 7) is 4.87. The van der Waals surface area contributed by atoms with Gasteiger partial charge in [-0.2, -0.15) is 0 Å². The lowest BCUT2D eigenvalue weighted by molar-refractivity contribution is -0.121. The van der Waals surface area contributed by atoms with Crippen LogP contribution in [0.2, 0.25) is 0 Å². The van der Waals surface area contributed by atoms with Crippen molar-refractivity contribution < 1.29 is 9.59 Å². The predicted molar refractivity (Wildman–Crippen MR) is 124 cm³/mol. The standard InChI is InChI=1S/C27H28N2O2/c1-20-9-5-6-12-23(20)19-29-17-15-22(16-18-29)27(31)28-25-14-8-7-13-24(25)26(30)21-10-3-2-4-11-21/h2-14,22H,15-19H2,1H3,(H,28,31). The molecule has 0 aliphatic carbocycles. The Labute approximate surface area is 183 Å². The van der Waals surface area contributed by atoms with E-state index in [2.05, 4.69) is 41.4 Å². The maximum atomic E-state index is 13.0. The minimum absolute atomic E-state index is 0.00357. The topological polar surface area (TPSA) is 49.4 Å². The molecule has 0 aromatic heterocycles. The molecule has 1 saturated heterocycles. The second-order valence-electron chi connectivity index (χ2n) is 8.21. The molecule has 4 heteroatoms. The van der Waals surface area contributed by atoms with E-state index in [4.69, 9.17) is 0 Å². The van der Waals surface area contributed by atoms with Gasteiger partial charge in [0.15, 0.2) is 5.78 Å². The van der Waals surface area contributed by atoms with Gasteiger partial charge in [-0.3, -0.25) is 14.5 Å². The lowest BCUT2D eigenvalue weighted by atomic mass is 9.94. The molecule has 158 valence electrons. The van der Waals surface area contributed by atoms with E-state index in [1.165, 1.54) is 11.1 Å². The van der Waals surface area contributed by atoms with E-state index in [0.717, 1.165) is 32.5 Å². The van der Waals surface area contributed by atoms with Gasteiger partial charge in [0.1, 0.15) is 0 Å². The predicted octanol–water partition coefficient (Wildman–Crippen LogP) is 5.08. The van der Waals surface area contributed by atoms with Gasteiger partial charge >= 0.3 is 0 Å². The smallest absolute Gasteiger partial charge is 0.227 e. The number of nitrogens with zero attached hydrogens (tertiary/aromatic N) is 1. The molecule has 1 amide bonds. The highest BCUT2D eigenvalue weighted by atomic mass is 16.2. The number of anilines is 1. The number of hydrogen-bond donors (Lipinski definition) is 1. The van der Waals surface area contributed by atoms with Crippen molar-refractivity contribution in [3.63, 3.8) is 0 Å². The van der Waals surface area contributed by atoms with Crippen molar-refractivity contribution in [1.82, 2.24) is 4.90 Å². The van der Waals surface area contributed by atoms with Crippen LogP contribution in [0.3, 0.4) is 0 Å². The van der Waals surface area contributed by atoms with Crippen LogP contribution in [0.4, 0.5) is 5.69 Å². The minimum Gasteiger partial charge on any atom is -0.325 e. The van der Waals surface area contributed by atoms with E-state index in [-0.39, 0.29) is 17.6 Å². The molecule has 3 aromatic carbocycles. The summed E-state index contributed by atoms with van der Waals surface area (Å²) >= 11 is 0. The van der Waals surface area contributed by atoms with E-state index in [1.54, 1.807) is 24.3 Å². The third-order valence-corrected chi connectivity index (χ3v) is 6.08. The molecule has 0 radical (unpaired) electrons. The molecule has 31 heavy (non-hydrogen) atoms. The van der Waals surface area contributed by atoms with Crippen LogP contribution in [0.15, 0.2) is 78.9 Å². The van der Waals surface area contributed by atoms with E-state index in [9.17, 15) is 9.59 Å². The number of carbonyl (C=O) groups excluding carboxylic acids is 2. The highest BCUT2D eigenvalue weighted by molar-refractivity contribution is 6.13. The Morgan fingerprint density at radius 1 is 0.871 bits per heavy atom. The number of likely N-dealkylation sites (tertiary alicyclic amines) is 1. The minimum atomic E-state index is -0.0791. The maximum absolute atomic E-state index is 13.0. The Kier molecular flexibility index (Phi) is 6.58. The van der Waals surface area contributed by atoms with Crippen LogP contribution < -0.4 is 5.32 Å². The molecular weight excluding hydrogens is 384 g/mol. The Bertz CT molecular complexity index is 1050. The largest absolute Gasteiger partial charge is 0.325 e. The Hall–Kier alpha value is -3.24. The SMILES string of the molecule is Cc1ccccc1CN1CCC(C(=O)Nc2ccccc2C(=O)c2ccccc2)CC1. The van der Waals surface area contributed by atoms with E-state index in [1.807, 2.05) is 30.3 Å². The number of aryl methyl sites for hydroxylation is 1. The summed E-state index contributed by atoms with van der Waals surface area (Å²) < 4.78 is 0. The Morgan fingerprint density at radius 2 is 1.52 bits per heavy atom. The van der Waals surface area contributed by atoms with Crippen molar-refractivity contribution >= 4 is 17.4 Å². The number of hydrogen-bond acceptors (Lipinski definition) is 3. The van der Waals surface area contributed by atoms with Gasteiger partial charge in [-0.25, -0.2) is 0 Å². The number of piperidine rings is 1. The molecule has 4 nitrogen and oxygen atoms in total. The fourth-order valence-electron chi connectivity index (χ4n) is 4.15. The second-order valence-corrected chi connectivity index (χ2v) is 8.21. The van der Waals surface area contributed by atoms with Gasteiger partial charge in [0.25, 0.3) is 0 Å². The molecule has 1 N–H and O–H groups in total. The van der Waals surface area contributed by atoms with E-state index in [0.29, 0.717) is 16.8 Å². The van der Waals surface area contributed by atoms with E-state index < -0.39 is 0 Å². The first kappa shape index (κ1) is 21.0. The van der Waals surface area contributed by atoms with Crippen LogP contribution >= 0.6 is 0 Å². The summed E-state index contributed by atoms with van der Waals surface area (Å²) in [6, 6.07) is 24.9. The number of benzene rings is 3. The molecule has 3 aromatic rings. The molecule has 1 aliphatic heterocycles. The molecule has 0 spiro atoms. The lowest BCUT2D eigenvalue weighted by Gasteiger charge is -2.31. The van der Waals surface area contributed by atoms with Crippen LogP contribution in [0.25, 0.3) is 0 Å². The highest BCUT2D eigenvalue weighted by Gasteiger charge is 2.26. The first-order chi connectivity index (χ1) is 15.1. The van der Waals surface area contributed by atoms with Crippen LogP contribution in [-0.4, -0.2) is 29.7 Å².